The first-order valence-electron chi connectivity index (χ1n) is 11.8. The Kier molecular flexibility index (Phi) is 9.14. The summed E-state index contributed by atoms with van der Waals surface area (Å²) in [5.41, 5.74) is 2.71. The first-order valence-corrected chi connectivity index (χ1v) is 14.1. The van der Waals surface area contributed by atoms with Crippen LogP contribution in [0.5, 0.6) is 11.5 Å². The van der Waals surface area contributed by atoms with Gasteiger partial charge in [-0.3, -0.25) is 4.79 Å². The van der Waals surface area contributed by atoms with Gasteiger partial charge in [-0.05, 0) is 47.5 Å². The number of rotatable bonds is 10. The van der Waals surface area contributed by atoms with E-state index in [-0.39, 0.29) is 23.8 Å². The second-order valence-electron chi connectivity index (χ2n) is 8.54. The molecule has 0 saturated carbocycles. The summed E-state index contributed by atoms with van der Waals surface area (Å²) in [5, 5.41) is 3.78. The molecular weight excluding hydrogens is 559 g/mol. The third-order valence-electron chi connectivity index (χ3n) is 5.97. The van der Waals surface area contributed by atoms with Gasteiger partial charge in [-0.15, -0.1) is 0 Å². The normalized spacial score (nSPS) is 11.2. The molecule has 0 atom stereocenters. The molecule has 1 amide bonds. The van der Waals surface area contributed by atoms with Gasteiger partial charge >= 0.3 is 0 Å². The van der Waals surface area contributed by atoms with Crippen LogP contribution in [0.15, 0.2) is 89.8 Å². The van der Waals surface area contributed by atoms with E-state index in [2.05, 4.69) is 10.0 Å². The summed E-state index contributed by atoms with van der Waals surface area (Å²) in [7, 11) is -1.02. The van der Waals surface area contributed by atoms with E-state index in [9.17, 15) is 13.2 Å². The molecule has 0 aliphatic carbocycles. The number of carbonyl (C=O) groups is 1. The zero-order valence-corrected chi connectivity index (χ0v) is 23.5. The average Bonchev–Trinajstić information content (AvgIpc) is 2.93. The number of halogens is 2. The number of sulfonamides is 1. The summed E-state index contributed by atoms with van der Waals surface area (Å²) < 4.78 is 40.5. The summed E-state index contributed by atoms with van der Waals surface area (Å²) in [4.78, 5) is 12.7. The number of hydrogen-bond donors (Lipinski definition) is 2. The van der Waals surface area contributed by atoms with Crippen molar-refractivity contribution in [2.45, 2.75) is 17.9 Å². The summed E-state index contributed by atoms with van der Waals surface area (Å²) in [6.45, 7) is -0.0291. The Morgan fingerprint density at radius 3 is 2.28 bits per heavy atom. The van der Waals surface area contributed by atoms with Gasteiger partial charge in [0.25, 0.3) is 0 Å². The molecule has 4 aromatic carbocycles. The molecule has 4 aromatic rings. The highest BCUT2D eigenvalue weighted by atomic mass is 35.5. The molecule has 0 heterocycles. The molecule has 0 aliphatic heterocycles. The zero-order valence-electron chi connectivity index (χ0n) is 21.2. The molecule has 7 nitrogen and oxygen atoms in total. The maximum absolute atomic E-state index is 13.6. The Morgan fingerprint density at radius 1 is 0.846 bits per heavy atom. The molecular formula is C29H26Cl2N2O5S. The maximum Gasteiger partial charge on any atom is 0.241 e. The number of benzene rings is 4. The van der Waals surface area contributed by atoms with Gasteiger partial charge in [-0.2, -0.15) is 0 Å². The topological polar surface area (TPSA) is 93.7 Å². The Hall–Kier alpha value is -3.56. The van der Waals surface area contributed by atoms with Crippen molar-refractivity contribution in [1.29, 1.82) is 0 Å². The summed E-state index contributed by atoms with van der Waals surface area (Å²) in [6.07, 6.45) is 0.0379. The van der Waals surface area contributed by atoms with E-state index in [1.54, 1.807) is 78.9 Å². The Morgan fingerprint density at radius 2 is 1.59 bits per heavy atom. The highest BCUT2D eigenvalue weighted by molar-refractivity contribution is 7.89. The quantitative estimate of drug-likeness (QED) is 0.227. The van der Waals surface area contributed by atoms with Gasteiger partial charge in [0.15, 0.2) is 0 Å². The van der Waals surface area contributed by atoms with E-state index in [1.165, 1.54) is 20.3 Å². The van der Waals surface area contributed by atoms with Crippen molar-refractivity contribution >= 4 is 44.8 Å². The number of anilines is 1. The van der Waals surface area contributed by atoms with Gasteiger partial charge in [-0.1, -0.05) is 65.7 Å². The van der Waals surface area contributed by atoms with Crippen molar-refractivity contribution in [3.8, 4) is 22.6 Å². The molecule has 0 spiro atoms. The van der Waals surface area contributed by atoms with Crippen molar-refractivity contribution in [2.24, 2.45) is 0 Å². The lowest BCUT2D eigenvalue weighted by molar-refractivity contribution is -0.115. The number of amides is 1. The van der Waals surface area contributed by atoms with Crippen LogP contribution in [0.4, 0.5) is 5.69 Å². The van der Waals surface area contributed by atoms with Crippen molar-refractivity contribution in [1.82, 2.24) is 4.72 Å². The SMILES string of the molecule is COc1ccc(CNS(=O)(=O)c2cc(NC(=O)Cc3ccccc3Cl)ccc2-c2ccc(Cl)cc2)c(OC)c1. The van der Waals surface area contributed by atoms with E-state index in [4.69, 9.17) is 32.7 Å². The molecule has 202 valence electrons. The van der Waals surface area contributed by atoms with Crippen molar-refractivity contribution < 1.29 is 22.7 Å². The molecule has 0 fully saturated rings. The maximum atomic E-state index is 13.6. The van der Waals surface area contributed by atoms with Crippen LogP contribution in [0.25, 0.3) is 11.1 Å². The Bertz CT molecular complexity index is 1590. The fourth-order valence-electron chi connectivity index (χ4n) is 3.96. The lowest BCUT2D eigenvalue weighted by Crippen LogP contribution is -2.24. The molecule has 0 saturated heterocycles. The minimum atomic E-state index is -4.05. The van der Waals surface area contributed by atoms with E-state index >= 15 is 0 Å². The third kappa shape index (κ3) is 7.10. The molecule has 0 aromatic heterocycles. The Labute approximate surface area is 237 Å². The van der Waals surface area contributed by atoms with E-state index in [1.807, 2.05) is 0 Å². The number of carbonyl (C=O) groups excluding carboxylic acids is 1. The third-order valence-corrected chi connectivity index (χ3v) is 8.03. The molecule has 4 rings (SSSR count). The smallest absolute Gasteiger partial charge is 0.241 e. The number of hydrogen-bond acceptors (Lipinski definition) is 5. The van der Waals surface area contributed by atoms with Gasteiger partial charge in [-0.25, -0.2) is 13.1 Å². The minimum absolute atomic E-state index is 0.00663. The van der Waals surface area contributed by atoms with Crippen molar-refractivity contribution in [2.75, 3.05) is 19.5 Å². The highest BCUT2D eigenvalue weighted by Crippen LogP contribution is 2.32. The van der Waals surface area contributed by atoms with Crippen molar-refractivity contribution in [3.05, 3.63) is 106 Å². The lowest BCUT2D eigenvalue weighted by atomic mass is 10.1. The first-order chi connectivity index (χ1) is 18.7. The summed E-state index contributed by atoms with van der Waals surface area (Å²) in [6, 6.07) is 23.7. The van der Waals surface area contributed by atoms with Gasteiger partial charge in [0, 0.05) is 39.5 Å². The molecule has 0 bridgehead atoms. The second-order valence-corrected chi connectivity index (χ2v) is 11.1. The molecule has 0 aliphatic rings. The fourth-order valence-corrected chi connectivity index (χ4v) is 5.55. The second kappa shape index (κ2) is 12.5. The molecule has 0 radical (unpaired) electrons. The van der Waals surface area contributed by atoms with E-state index in [0.29, 0.717) is 49.5 Å². The number of ether oxygens (including phenoxy) is 2. The van der Waals surface area contributed by atoms with Crippen LogP contribution in [-0.4, -0.2) is 28.5 Å². The van der Waals surface area contributed by atoms with E-state index < -0.39 is 10.0 Å². The number of methoxy groups -OCH3 is 2. The highest BCUT2D eigenvalue weighted by Gasteiger charge is 2.22. The first kappa shape index (κ1) is 28.4. The molecule has 10 heteroatoms. The van der Waals surface area contributed by atoms with E-state index in [0.717, 1.165) is 0 Å². The standard InChI is InChI=1S/C29H26Cl2N2O5S/c1-37-24-13-9-21(27(17-24)38-2)18-32-39(35,36)28-16-23(12-14-25(28)19-7-10-22(30)11-8-19)33-29(34)15-20-5-3-4-6-26(20)31/h3-14,16-17,32H,15,18H2,1-2H3,(H,33,34). The monoisotopic (exact) mass is 584 g/mol. The lowest BCUT2D eigenvalue weighted by Gasteiger charge is -2.16. The average molecular weight is 586 g/mol. The van der Waals surface area contributed by atoms with Gasteiger partial charge < -0.3 is 14.8 Å². The Balaban J connectivity index is 1.65. The molecule has 0 unspecified atom stereocenters. The van der Waals surface area contributed by atoms with Crippen LogP contribution < -0.4 is 19.5 Å². The number of nitrogens with one attached hydrogen (secondary N) is 2. The molecule has 2 N–H and O–H groups in total. The van der Waals surface area contributed by atoms with Crippen LogP contribution >= 0.6 is 23.2 Å². The van der Waals surface area contributed by atoms with Crippen LogP contribution in [0.1, 0.15) is 11.1 Å². The van der Waals surface area contributed by atoms with Gasteiger partial charge in [0.05, 0.1) is 25.5 Å². The zero-order chi connectivity index (χ0) is 28.0. The molecule has 39 heavy (non-hydrogen) atoms. The van der Waals surface area contributed by atoms with Crippen LogP contribution in [0.3, 0.4) is 0 Å². The fraction of sp³-hybridized carbons (Fsp3) is 0.138. The van der Waals surface area contributed by atoms with Crippen LogP contribution in [0, 0.1) is 0 Å². The largest absolute Gasteiger partial charge is 0.497 e. The van der Waals surface area contributed by atoms with Gasteiger partial charge in [0.2, 0.25) is 15.9 Å². The predicted octanol–water partition coefficient (Wildman–Crippen LogP) is 6.34. The summed E-state index contributed by atoms with van der Waals surface area (Å²) >= 11 is 12.2. The van der Waals surface area contributed by atoms with Crippen LogP contribution in [0.2, 0.25) is 10.0 Å². The van der Waals surface area contributed by atoms with Crippen LogP contribution in [-0.2, 0) is 27.8 Å². The predicted molar refractivity (Wildman–Crippen MR) is 154 cm³/mol. The van der Waals surface area contributed by atoms with Crippen molar-refractivity contribution in [3.63, 3.8) is 0 Å². The summed E-state index contributed by atoms with van der Waals surface area (Å²) in [5.74, 6) is 0.737. The minimum Gasteiger partial charge on any atom is -0.497 e. The van der Waals surface area contributed by atoms with Gasteiger partial charge in [0.1, 0.15) is 11.5 Å².